The van der Waals surface area contributed by atoms with Crippen LogP contribution in [0, 0.1) is 6.92 Å². The molecule has 2 aliphatic heterocycles. The van der Waals surface area contributed by atoms with Crippen LogP contribution in [0.15, 0.2) is 29.3 Å². The van der Waals surface area contributed by atoms with Gasteiger partial charge in [-0.05, 0) is 56.7 Å². The summed E-state index contributed by atoms with van der Waals surface area (Å²) in [5.41, 5.74) is 1.58. The minimum atomic E-state index is -4.10. The molecule has 2 fully saturated rings. The van der Waals surface area contributed by atoms with E-state index in [0.717, 1.165) is 44.3 Å². The van der Waals surface area contributed by atoms with Crippen molar-refractivity contribution in [2.24, 2.45) is 10.1 Å². The summed E-state index contributed by atoms with van der Waals surface area (Å²) in [6.45, 7) is 3.86. The molecule has 11 heteroatoms. The molecule has 1 atom stereocenters. The second kappa shape index (κ2) is 10.1. The number of hydrogen-bond donors (Lipinski definition) is 3. The van der Waals surface area contributed by atoms with E-state index in [9.17, 15) is 18.0 Å². The first-order valence-corrected chi connectivity index (χ1v) is 12.0. The van der Waals surface area contributed by atoms with Crippen LogP contribution in [0.2, 0.25) is 0 Å². The van der Waals surface area contributed by atoms with Crippen LogP contribution in [0.4, 0.5) is 5.69 Å². The Morgan fingerprint density at radius 1 is 1.19 bits per heavy atom. The summed E-state index contributed by atoms with van der Waals surface area (Å²) in [7, 11) is -4.10. The number of nitrogens with two attached hydrogens (primary N) is 1. The number of rotatable bonds is 5. The molecular weight excluding hydrogens is 420 g/mol. The van der Waals surface area contributed by atoms with Gasteiger partial charge < -0.3 is 15.1 Å². The number of aliphatic imine (C=N–C) groups is 1. The Morgan fingerprint density at radius 3 is 2.58 bits per heavy atom. The number of guanidine groups is 1. The zero-order chi connectivity index (χ0) is 22.4. The Bertz CT molecular complexity index is 943. The molecule has 0 radical (unpaired) electrons. The first kappa shape index (κ1) is 23.0. The van der Waals surface area contributed by atoms with Crippen molar-refractivity contribution in [1.29, 1.82) is 0 Å². The summed E-state index contributed by atoms with van der Waals surface area (Å²) in [5, 5.41) is 8.05. The number of carbonyl (C=O) groups is 2. The van der Waals surface area contributed by atoms with Crippen molar-refractivity contribution < 1.29 is 18.0 Å². The average Bonchev–Trinajstić information content (AvgIpc) is 3.17. The van der Waals surface area contributed by atoms with Gasteiger partial charge in [0.1, 0.15) is 6.04 Å². The quantitative estimate of drug-likeness (QED) is 0.445. The van der Waals surface area contributed by atoms with Crippen molar-refractivity contribution in [1.82, 2.24) is 14.5 Å². The van der Waals surface area contributed by atoms with E-state index in [2.05, 4.69) is 15.0 Å². The molecule has 0 bridgehead atoms. The van der Waals surface area contributed by atoms with Gasteiger partial charge in [-0.15, -0.1) is 0 Å². The molecule has 31 heavy (non-hydrogen) atoms. The molecule has 0 saturated carbocycles. The van der Waals surface area contributed by atoms with Gasteiger partial charge in [0.2, 0.25) is 17.8 Å². The van der Waals surface area contributed by atoms with E-state index in [-0.39, 0.29) is 24.3 Å². The van der Waals surface area contributed by atoms with E-state index >= 15 is 0 Å². The highest BCUT2D eigenvalue weighted by Crippen LogP contribution is 2.17. The van der Waals surface area contributed by atoms with Gasteiger partial charge in [-0.2, -0.15) is 8.42 Å². The number of nitrogens with zero attached hydrogens (tertiary/aromatic N) is 3. The molecule has 4 N–H and O–H groups in total. The van der Waals surface area contributed by atoms with Crippen molar-refractivity contribution >= 4 is 33.7 Å². The number of carbonyl (C=O) groups excluding carboxylic acids is 2. The molecule has 1 unspecified atom stereocenters. The lowest BCUT2D eigenvalue weighted by Crippen LogP contribution is -2.46. The zero-order valence-electron chi connectivity index (χ0n) is 17.7. The first-order valence-electron chi connectivity index (χ1n) is 10.5. The van der Waals surface area contributed by atoms with Crippen LogP contribution >= 0.6 is 0 Å². The van der Waals surface area contributed by atoms with Crippen LogP contribution in [0.25, 0.3) is 0 Å². The smallest absolute Gasteiger partial charge is 0.298 e. The number of likely N-dealkylation sites (tertiary alicyclic amines) is 2. The monoisotopic (exact) mass is 450 g/mol. The highest BCUT2D eigenvalue weighted by Gasteiger charge is 2.30. The van der Waals surface area contributed by atoms with Crippen molar-refractivity contribution in [3.63, 3.8) is 0 Å². The summed E-state index contributed by atoms with van der Waals surface area (Å²) in [4.78, 5) is 33.3. The normalized spacial score (nSPS) is 20.5. The summed E-state index contributed by atoms with van der Waals surface area (Å²) < 4.78 is 25.4. The third-order valence-corrected chi connectivity index (χ3v) is 5.82. The van der Waals surface area contributed by atoms with Gasteiger partial charge in [-0.3, -0.25) is 9.59 Å². The molecule has 2 amide bonds. The topological polar surface area (TPSA) is 137 Å². The second-order valence-electron chi connectivity index (χ2n) is 7.98. The van der Waals surface area contributed by atoms with Crippen molar-refractivity contribution in [3.8, 4) is 0 Å². The summed E-state index contributed by atoms with van der Waals surface area (Å²) >= 11 is 0. The molecule has 2 heterocycles. The Balaban J connectivity index is 1.79. The molecule has 0 aliphatic carbocycles. The fourth-order valence-electron chi connectivity index (χ4n) is 3.83. The predicted molar refractivity (Wildman–Crippen MR) is 119 cm³/mol. The van der Waals surface area contributed by atoms with Gasteiger partial charge >= 0.3 is 0 Å². The zero-order valence-corrected chi connectivity index (χ0v) is 18.5. The third kappa shape index (κ3) is 6.93. The number of anilines is 1. The van der Waals surface area contributed by atoms with E-state index in [1.807, 2.05) is 25.1 Å². The lowest BCUT2D eigenvalue weighted by molar-refractivity contribution is -0.140. The summed E-state index contributed by atoms with van der Waals surface area (Å²) in [6, 6.07) is 6.48. The van der Waals surface area contributed by atoms with Crippen molar-refractivity contribution in [3.05, 3.63) is 29.8 Å². The molecule has 170 valence electrons. The standard InChI is InChI=1S/C20H30N6O4S/c1-15-7-6-8-16(13-15)22-20(24-31(21,29)30)23-17-9-2-3-12-26(19(17)28)14-18(27)25-10-4-5-11-25/h6-8,13,17H,2-5,9-12,14H2,1H3,(H2,21,29,30)(H2,22,23,24). The molecule has 2 aliphatic rings. The van der Waals surface area contributed by atoms with E-state index in [1.54, 1.807) is 11.0 Å². The van der Waals surface area contributed by atoms with Crippen LogP contribution in [-0.2, 0) is 19.8 Å². The Kier molecular flexibility index (Phi) is 7.50. The average molecular weight is 451 g/mol. The van der Waals surface area contributed by atoms with Gasteiger partial charge in [-0.1, -0.05) is 12.1 Å². The van der Waals surface area contributed by atoms with Crippen LogP contribution < -0.4 is 15.2 Å². The molecule has 2 saturated heterocycles. The summed E-state index contributed by atoms with van der Waals surface area (Å²) in [5.74, 6) is -0.472. The van der Waals surface area contributed by atoms with Gasteiger partial charge in [0.15, 0.2) is 0 Å². The lowest BCUT2D eigenvalue weighted by Gasteiger charge is -2.25. The number of hydrogen-bond acceptors (Lipinski definition) is 5. The fraction of sp³-hybridized carbons (Fsp3) is 0.550. The highest BCUT2D eigenvalue weighted by atomic mass is 32.2. The molecule has 0 aromatic heterocycles. The van der Waals surface area contributed by atoms with Crippen LogP contribution in [-0.4, -0.2) is 68.2 Å². The third-order valence-electron chi connectivity index (χ3n) is 5.34. The van der Waals surface area contributed by atoms with Gasteiger partial charge in [0.25, 0.3) is 10.2 Å². The SMILES string of the molecule is Cc1cccc(NC(=NC2CCCCN(CC(=O)N3CCCC3)C2=O)NS(N)(=O)=O)c1. The second-order valence-corrected chi connectivity index (χ2v) is 9.27. The van der Waals surface area contributed by atoms with Crippen LogP contribution in [0.1, 0.15) is 37.7 Å². The fourth-order valence-corrected chi connectivity index (χ4v) is 4.20. The lowest BCUT2D eigenvalue weighted by atomic mass is 10.1. The van der Waals surface area contributed by atoms with E-state index < -0.39 is 16.3 Å². The van der Waals surface area contributed by atoms with Gasteiger partial charge in [0.05, 0.1) is 6.54 Å². The largest absolute Gasteiger partial charge is 0.341 e. The number of amides is 2. The van der Waals surface area contributed by atoms with Crippen LogP contribution in [0.5, 0.6) is 0 Å². The molecule has 1 aromatic carbocycles. The molecular formula is C20H30N6O4S. The van der Waals surface area contributed by atoms with E-state index in [0.29, 0.717) is 18.7 Å². The Labute approximate surface area is 183 Å². The Hall–Kier alpha value is -2.66. The number of nitrogens with one attached hydrogen (secondary N) is 2. The van der Waals surface area contributed by atoms with E-state index in [1.165, 1.54) is 4.90 Å². The first-order chi connectivity index (χ1) is 14.7. The molecule has 10 nitrogen and oxygen atoms in total. The minimum absolute atomic E-state index is 0.0219. The van der Waals surface area contributed by atoms with Gasteiger partial charge in [0, 0.05) is 25.3 Å². The number of benzene rings is 1. The molecule has 0 spiro atoms. The maximum atomic E-state index is 13.1. The maximum absolute atomic E-state index is 13.1. The maximum Gasteiger partial charge on any atom is 0.298 e. The molecule has 1 aromatic rings. The minimum Gasteiger partial charge on any atom is -0.341 e. The summed E-state index contributed by atoms with van der Waals surface area (Å²) in [6.07, 6.45) is 3.92. The molecule has 3 rings (SSSR count). The highest BCUT2D eigenvalue weighted by molar-refractivity contribution is 7.87. The van der Waals surface area contributed by atoms with Crippen LogP contribution in [0.3, 0.4) is 0 Å². The van der Waals surface area contributed by atoms with Crippen molar-refractivity contribution in [2.75, 3.05) is 31.5 Å². The van der Waals surface area contributed by atoms with Crippen molar-refractivity contribution in [2.45, 2.75) is 45.1 Å². The predicted octanol–water partition coefficient (Wildman–Crippen LogP) is 0.560. The number of aryl methyl sites for hydroxylation is 1. The van der Waals surface area contributed by atoms with E-state index in [4.69, 9.17) is 5.14 Å². The van der Waals surface area contributed by atoms with Gasteiger partial charge in [-0.25, -0.2) is 14.9 Å². The Morgan fingerprint density at radius 2 is 1.90 bits per heavy atom.